The molecule has 1 heterocycles. The van der Waals surface area contributed by atoms with E-state index in [2.05, 4.69) is 20.9 Å². The minimum absolute atomic E-state index is 0.000550. The van der Waals surface area contributed by atoms with Crippen LogP contribution in [0.15, 0.2) is 4.99 Å². The van der Waals surface area contributed by atoms with Crippen molar-refractivity contribution >= 4 is 27.8 Å². The predicted octanol–water partition coefficient (Wildman–Crippen LogP) is 1.52. The molecule has 2 aliphatic rings. The summed E-state index contributed by atoms with van der Waals surface area (Å²) in [6.07, 6.45) is 0.740. The van der Waals surface area contributed by atoms with Crippen LogP contribution >= 0.6 is 15.9 Å². The standard InChI is InChI=1S/C10H14BrNO3/c1-3-14-10(13)6-4-7(11)9-8(6)12-5(2)15-9/h6-9H,3-4H2,1-2H3/t6-,7+,8+,9-/m0/s1. The fourth-order valence-electron chi connectivity index (χ4n) is 2.19. The van der Waals surface area contributed by atoms with Crippen LogP contribution in [0.25, 0.3) is 0 Å². The number of alkyl halides is 1. The molecule has 0 radical (unpaired) electrons. The van der Waals surface area contributed by atoms with Crippen molar-refractivity contribution in [2.75, 3.05) is 6.61 Å². The van der Waals surface area contributed by atoms with Crippen molar-refractivity contribution in [2.24, 2.45) is 10.9 Å². The van der Waals surface area contributed by atoms with Crippen LogP contribution in [-0.4, -0.2) is 35.4 Å². The number of aliphatic imine (C=N–C) groups is 1. The fourth-order valence-corrected chi connectivity index (χ4v) is 3.01. The van der Waals surface area contributed by atoms with Crippen molar-refractivity contribution in [1.29, 1.82) is 0 Å². The average molecular weight is 276 g/mol. The molecule has 4 nitrogen and oxygen atoms in total. The Labute approximate surface area is 97.2 Å². The van der Waals surface area contributed by atoms with Crippen molar-refractivity contribution in [3.8, 4) is 0 Å². The zero-order valence-corrected chi connectivity index (χ0v) is 10.4. The number of halogens is 1. The third-order valence-electron chi connectivity index (χ3n) is 2.81. The van der Waals surface area contributed by atoms with E-state index in [0.717, 1.165) is 6.42 Å². The SMILES string of the molecule is CCOC(=O)[C@H]1C[C@@H](Br)[C@@H]2OC(C)=N[C@@H]21. The number of nitrogens with zero attached hydrogens (tertiary/aromatic N) is 1. The first-order chi connectivity index (χ1) is 7.13. The summed E-state index contributed by atoms with van der Waals surface area (Å²) in [7, 11) is 0. The Hall–Kier alpha value is -0.580. The molecule has 1 aliphatic heterocycles. The van der Waals surface area contributed by atoms with Gasteiger partial charge in [-0.1, -0.05) is 15.9 Å². The summed E-state index contributed by atoms with van der Waals surface area (Å²) in [5.41, 5.74) is 0. The molecular formula is C10H14BrNO3. The lowest BCUT2D eigenvalue weighted by atomic mass is 10.0. The van der Waals surface area contributed by atoms with Gasteiger partial charge in [0.15, 0.2) is 5.90 Å². The molecule has 84 valence electrons. The van der Waals surface area contributed by atoms with E-state index < -0.39 is 0 Å². The van der Waals surface area contributed by atoms with E-state index in [-0.39, 0.29) is 28.9 Å². The first kappa shape index (κ1) is 10.9. The molecule has 0 aromatic rings. The van der Waals surface area contributed by atoms with Crippen LogP contribution in [0, 0.1) is 5.92 Å². The Balaban J connectivity index is 2.11. The number of esters is 1. The molecule has 1 aliphatic carbocycles. The summed E-state index contributed by atoms with van der Waals surface area (Å²) in [5, 5.41) is 0. The lowest BCUT2D eigenvalue weighted by Crippen LogP contribution is -2.29. The Morgan fingerprint density at radius 2 is 2.47 bits per heavy atom. The number of hydrogen-bond acceptors (Lipinski definition) is 4. The second kappa shape index (κ2) is 4.12. The van der Waals surface area contributed by atoms with Crippen LogP contribution in [0.5, 0.6) is 0 Å². The molecule has 2 rings (SSSR count). The van der Waals surface area contributed by atoms with E-state index in [0.29, 0.717) is 12.5 Å². The van der Waals surface area contributed by atoms with Crippen molar-refractivity contribution in [1.82, 2.24) is 0 Å². The molecule has 0 spiro atoms. The Morgan fingerprint density at radius 3 is 3.13 bits per heavy atom. The van der Waals surface area contributed by atoms with E-state index in [1.165, 1.54) is 0 Å². The number of fused-ring (bicyclic) bond motifs is 1. The van der Waals surface area contributed by atoms with Gasteiger partial charge >= 0.3 is 5.97 Å². The van der Waals surface area contributed by atoms with Crippen LogP contribution in [0.3, 0.4) is 0 Å². The van der Waals surface area contributed by atoms with Gasteiger partial charge in [0.05, 0.1) is 17.4 Å². The molecule has 0 aromatic heterocycles. The van der Waals surface area contributed by atoms with Crippen LogP contribution in [0.1, 0.15) is 20.3 Å². The predicted molar refractivity (Wildman–Crippen MR) is 59.2 cm³/mol. The van der Waals surface area contributed by atoms with Gasteiger partial charge in [0, 0.05) is 6.92 Å². The van der Waals surface area contributed by atoms with Crippen LogP contribution in [-0.2, 0) is 14.3 Å². The first-order valence-corrected chi connectivity index (χ1v) is 6.06. The molecule has 0 aromatic carbocycles. The quantitative estimate of drug-likeness (QED) is 0.567. The van der Waals surface area contributed by atoms with Gasteiger partial charge in [-0.15, -0.1) is 0 Å². The van der Waals surface area contributed by atoms with Crippen LogP contribution in [0.2, 0.25) is 0 Å². The highest BCUT2D eigenvalue weighted by Gasteiger charge is 2.50. The topological polar surface area (TPSA) is 47.9 Å². The van der Waals surface area contributed by atoms with Crippen molar-refractivity contribution < 1.29 is 14.3 Å². The van der Waals surface area contributed by atoms with E-state index in [1.807, 2.05) is 13.8 Å². The molecule has 0 N–H and O–H groups in total. The molecule has 0 amide bonds. The third kappa shape index (κ3) is 1.89. The van der Waals surface area contributed by atoms with Gasteiger partial charge in [-0.05, 0) is 13.3 Å². The van der Waals surface area contributed by atoms with E-state index in [1.54, 1.807) is 0 Å². The van der Waals surface area contributed by atoms with E-state index in [4.69, 9.17) is 9.47 Å². The third-order valence-corrected chi connectivity index (χ3v) is 3.71. The summed E-state index contributed by atoms with van der Waals surface area (Å²) in [6, 6.07) is -0.0616. The van der Waals surface area contributed by atoms with Gasteiger partial charge in [-0.2, -0.15) is 0 Å². The summed E-state index contributed by atoms with van der Waals surface area (Å²) in [4.78, 5) is 16.2. The maximum absolute atomic E-state index is 11.7. The van der Waals surface area contributed by atoms with Crippen LogP contribution < -0.4 is 0 Å². The van der Waals surface area contributed by atoms with Gasteiger partial charge in [0.1, 0.15) is 12.1 Å². The zero-order chi connectivity index (χ0) is 11.0. The summed E-state index contributed by atoms with van der Waals surface area (Å²) in [6.45, 7) is 4.05. The fraction of sp³-hybridized carbons (Fsp3) is 0.800. The van der Waals surface area contributed by atoms with Crippen molar-refractivity contribution in [2.45, 2.75) is 37.2 Å². The van der Waals surface area contributed by atoms with Gasteiger partial charge in [-0.3, -0.25) is 4.79 Å². The minimum atomic E-state index is -0.156. The van der Waals surface area contributed by atoms with E-state index >= 15 is 0 Å². The molecule has 0 bridgehead atoms. The number of hydrogen-bond donors (Lipinski definition) is 0. The monoisotopic (exact) mass is 275 g/mol. The highest BCUT2D eigenvalue weighted by Crippen LogP contribution is 2.39. The maximum Gasteiger partial charge on any atom is 0.311 e. The minimum Gasteiger partial charge on any atom is -0.475 e. The summed E-state index contributed by atoms with van der Waals surface area (Å²) < 4.78 is 10.6. The lowest BCUT2D eigenvalue weighted by Gasteiger charge is -2.13. The molecule has 0 saturated heterocycles. The second-order valence-corrected chi connectivity index (χ2v) is 5.01. The number of carbonyl (C=O) groups is 1. The first-order valence-electron chi connectivity index (χ1n) is 5.15. The lowest BCUT2D eigenvalue weighted by molar-refractivity contribution is -0.148. The summed E-state index contributed by atoms with van der Waals surface area (Å²) >= 11 is 3.53. The molecule has 15 heavy (non-hydrogen) atoms. The largest absolute Gasteiger partial charge is 0.475 e. The van der Waals surface area contributed by atoms with Crippen molar-refractivity contribution in [3.05, 3.63) is 0 Å². The van der Waals surface area contributed by atoms with Crippen molar-refractivity contribution in [3.63, 3.8) is 0 Å². The van der Waals surface area contributed by atoms with Gasteiger partial charge in [-0.25, -0.2) is 4.99 Å². The molecular weight excluding hydrogens is 262 g/mol. The average Bonchev–Trinajstić information content (AvgIpc) is 2.67. The molecule has 0 unspecified atom stereocenters. The molecule has 4 atom stereocenters. The molecule has 1 fully saturated rings. The normalized spacial score (nSPS) is 38.2. The van der Waals surface area contributed by atoms with E-state index in [9.17, 15) is 4.79 Å². The van der Waals surface area contributed by atoms with Gasteiger partial charge in [0.25, 0.3) is 0 Å². The van der Waals surface area contributed by atoms with Crippen LogP contribution in [0.4, 0.5) is 0 Å². The molecule has 5 heteroatoms. The van der Waals surface area contributed by atoms with Gasteiger partial charge < -0.3 is 9.47 Å². The maximum atomic E-state index is 11.7. The highest BCUT2D eigenvalue weighted by molar-refractivity contribution is 9.09. The Bertz CT molecular complexity index is 305. The Morgan fingerprint density at radius 1 is 1.73 bits per heavy atom. The Kier molecular flexibility index (Phi) is 3.00. The summed E-state index contributed by atoms with van der Waals surface area (Å²) in [5.74, 6) is 0.358. The highest BCUT2D eigenvalue weighted by atomic mass is 79.9. The second-order valence-electron chi connectivity index (χ2n) is 3.83. The smallest absolute Gasteiger partial charge is 0.311 e. The zero-order valence-electron chi connectivity index (χ0n) is 8.77. The number of rotatable bonds is 2. The number of ether oxygens (including phenoxy) is 2. The number of carbonyl (C=O) groups excluding carboxylic acids is 1. The van der Waals surface area contributed by atoms with Gasteiger partial charge in [0.2, 0.25) is 0 Å². The molecule has 1 saturated carbocycles.